The van der Waals surface area contributed by atoms with Gasteiger partial charge in [0.1, 0.15) is 31.1 Å². The number of aromatic nitrogens is 2. The van der Waals surface area contributed by atoms with Crippen LogP contribution < -0.4 is 14.8 Å². The van der Waals surface area contributed by atoms with Crippen molar-refractivity contribution in [2.24, 2.45) is 0 Å². The summed E-state index contributed by atoms with van der Waals surface area (Å²) >= 11 is 5.91. The van der Waals surface area contributed by atoms with Gasteiger partial charge in [0.05, 0.1) is 51.1 Å². The molecule has 0 unspecified atom stereocenters. The number of ether oxygens (including phenoxy) is 3. The van der Waals surface area contributed by atoms with Crippen LogP contribution in [0.25, 0.3) is 10.9 Å². The van der Waals surface area contributed by atoms with E-state index in [9.17, 15) is 4.39 Å². The van der Waals surface area contributed by atoms with Crippen LogP contribution in [0.3, 0.4) is 0 Å². The summed E-state index contributed by atoms with van der Waals surface area (Å²) in [5.41, 5.74) is 1.32. The fourth-order valence-corrected chi connectivity index (χ4v) is 3.96. The molecule has 1 aromatic heterocycles. The maximum absolute atomic E-state index is 13.5. The molecule has 7 nitrogen and oxygen atoms in total. The van der Waals surface area contributed by atoms with Crippen molar-refractivity contribution in [2.75, 3.05) is 58.9 Å². The topological polar surface area (TPSA) is 65.5 Å². The number of likely N-dealkylation sites (N-methyl/N-ethyl adjacent to an activating group) is 1. The molecule has 1 aliphatic heterocycles. The van der Waals surface area contributed by atoms with Crippen molar-refractivity contribution in [3.05, 3.63) is 47.5 Å². The molecule has 0 radical (unpaired) electrons. The van der Waals surface area contributed by atoms with Crippen LogP contribution in [0.4, 0.5) is 15.9 Å². The van der Waals surface area contributed by atoms with Crippen LogP contribution in [0.15, 0.2) is 36.7 Å². The SMILES string of the molecule is COc1cc2ncnc(Nc3ccc(F)c(Cl)c3)c2cc1OCCC[N+]1(C)CCOCC1. The molecule has 0 aliphatic carbocycles. The summed E-state index contributed by atoms with van der Waals surface area (Å²) < 4.78 is 31.6. The van der Waals surface area contributed by atoms with Gasteiger partial charge in [0.15, 0.2) is 11.5 Å². The van der Waals surface area contributed by atoms with E-state index in [0.29, 0.717) is 35.1 Å². The first-order valence-electron chi connectivity index (χ1n) is 10.6. The Morgan fingerprint density at radius 3 is 2.72 bits per heavy atom. The van der Waals surface area contributed by atoms with E-state index in [1.807, 2.05) is 12.1 Å². The zero-order valence-corrected chi connectivity index (χ0v) is 19.0. The zero-order chi connectivity index (χ0) is 22.6. The van der Waals surface area contributed by atoms with Gasteiger partial charge in [-0.15, -0.1) is 0 Å². The van der Waals surface area contributed by atoms with Crippen LogP contribution in [0.1, 0.15) is 6.42 Å². The highest BCUT2D eigenvalue weighted by molar-refractivity contribution is 6.31. The second-order valence-corrected chi connectivity index (χ2v) is 8.51. The van der Waals surface area contributed by atoms with Gasteiger partial charge in [-0.3, -0.25) is 0 Å². The number of benzene rings is 2. The first-order valence-corrected chi connectivity index (χ1v) is 10.9. The average molecular weight is 462 g/mol. The summed E-state index contributed by atoms with van der Waals surface area (Å²) in [5.74, 6) is 1.33. The number of hydrogen-bond donors (Lipinski definition) is 1. The second-order valence-electron chi connectivity index (χ2n) is 8.10. The second kappa shape index (κ2) is 9.85. The van der Waals surface area contributed by atoms with Gasteiger partial charge >= 0.3 is 0 Å². The van der Waals surface area contributed by atoms with Crippen molar-refractivity contribution >= 4 is 34.0 Å². The lowest BCUT2D eigenvalue weighted by atomic mass is 10.2. The van der Waals surface area contributed by atoms with Crippen molar-refractivity contribution in [1.82, 2.24) is 9.97 Å². The third kappa shape index (κ3) is 5.20. The Morgan fingerprint density at radius 1 is 1.16 bits per heavy atom. The summed E-state index contributed by atoms with van der Waals surface area (Å²) in [7, 11) is 3.87. The Labute approximate surface area is 191 Å². The third-order valence-corrected chi connectivity index (χ3v) is 6.04. The Bertz CT molecular complexity index is 1090. The smallest absolute Gasteiger partial charge is 0.162 e. The lowest BCUT2D eigenvalue weighted by molar-refractivity contribution is -0.917. The number of methoxy groups -OCH3 is 1. The van der Waals surface area contributed by atoms with E-state index in [0.717, 1.165) is 49.1 Å². The van der Waals surface area contributed by atoms with Crippen molar-refractivity contribution in [3.8, 4) is 11.5 Å². The minimum atomic E-state index is -0.474. The maximum Gasteiger partial charge on any atom is 0.162 e. The predicted octanol–water partition coefficient (Wildman–Crippen LogP) is 4.42. The van der Waals surface area contributed by atoms with Crippen LogP contribution in [0, 0.1) is 5.82 Å². The van der Waals surface area contributed by atoms with E-state index in [1.54, 1.807) is 13.2 Å². The van der Waals surface area contributed by atoms with E-state index in [4.69, 9.17) is 25.8 Å². The first kappa shape index (κ1) is 22.5. The van der Waals surface area contributed by atoms with Gasteiger partial charge in [-0.1, -0.05) is 11.6 Å². The Kier molecular flexibility index (Phi) is 6.93. The van der Waals surface area contributed by atoms with Gasteiger partial charge in [-0.25, -0.2) is 14.4 Å². The molecule has 1 N–H and O–H groups in total. The molecule has 0 saturated carbocycles. The molecule has 1 aliphatic rings. The van der Waals surface area contributed by atoms with Crippen LogP contribution >= 0.6 is 11.6 Å². The van der Waals surface area contributed by atoms with Crippen molar-refractivity contribution < 1.29 is 23.1 Å². The molecule has 0 bridgehead atoms. The molecule has 32 heavy (non-hydrogen) atoms. The molecule has 1 fully saturated rings. The molecular weight excluding hydrogens is 435 g/mol. The van der Waals surface area contributed by atoms with Crippen LogP contribution in [0.2, 0.25) is 5.02 Å². The minimum absolute atomic E-state index is 0.0377. The number of fused-ring (bicyclic) bond motifs is 1. The molecule has 1 saturated heterocycles. The highest BCUT2D eigenvalue weighted by Gasteiger charge is 2.24. The average Bonchev–Trinajstić information content (AvgIpc) is 2.79. The van der Waals surface area contributed by atoms with Gasteiger partial charge in [0.25, 0.3) is 0 Å². The zero-order valence-electron chi connectivity index (χ0n) is 18.2. The molecule has 0 spiro atoms. The van der Waals surface area contributed by atoms with E-state index >= 15 is 0 Å². The molecule has 3 aromatic rings. The van der Waals surface area contributed by atoms with Gasteiger partial charge in [0, 0.05) is 23.6 Å². The number of quaternary nitrogens is 1. The summed E-state index contributed by atoms with van der Waals surface area (Å²) in [6, 6.07) is 8.12. The summed E-state index contributed by atoms with van der Waals surface area (Å²) in [6.07, 6.45) is 2.38. The lowest BCUT2D eigenvalue weighted by Crippen LogP contribution is -2.52. The number of morpholine rings is 1. The van der Waals surface area contributed by atoms with Crippen LogP contribution in [-0.4, -0.2) is 68.1 Å². The van der Waals surface area contributed by atoms with Gasteiger partial charge in [-0.2, -0.15) is 0 Å². The summed E-state index contributed by atoms with van der Waals surface area (Å²) in [4.78, 5) is 8.69. The highest BCUT2D eigenvalue weighted by atomic mass is 35.5. The number of halogens is 2. The predicted molar refractivity (Wildman–Crippen MR) is 122 cm³/mol. The lowest BCUT2D eigenvalue weighted by Gasteiger charge is -2.37. The summed E-state index contributed by atoms with van der Waals surface area (Å²) in [6.45, 7) is 5.27. The molecule has 2 aromatic carbocycles. The van der Waals surface area contributed by atoms with Gasteiger partial charge in [-0.05, 0) is 24.3 Å². The van der Waals surface area contributed by atoms with Crippen molar-refractivity contribution in [1.29, 1.82) is 0 Å². The minimum Gasteiger partial charge on any atom is -0.493 e. The summed E-state index contributed by atoms with van der Waals surface area (Å²) in [5, 5.41) is 3.98. The monoisotopic (exact) mass is 461 g/mol. The number of nitrogens with one attached hydrogen (secondary N) is 1. The Hall–Kier alpha value is -2.68. The maximum atomic E-state index is 13.5. The number of hydrogen-bond acceptors (Lipinski definition) is 6. The standard InChI is InChI=1S/C23H27ClFN4O3/c1-29(7-10-31-11-8-29)6-3-9-32-22-13-17-20(14-21(22)30-2)26-15-27-23(17)28-16-4-5-19(25)18(24)12-16/h4-5,12-15H,3,6-11H2,1-2H3,(H,26,27,28)/q+1. The fraction of sp³-hybridized carbons (Fsp3) is 0.391. The molecule has 0 amide bonds. The van der Waals surface area contributed by atoms with E-state index in [2.05, 4.69) is 22.3 Å². The number of rotatable bonds is 8. The van der Waals surface area contributed by atoms with Gasteiger partial charge < -0.3 is 24.0 Å². The molecule has 2 heterocycles. The quantitative estimate of drug-likeness (QED) is 0.395. The first-order chi connectivity index (χ1) is 15.5. The van der Waals surface area contributed by atoms with Crippen LogP contribution in [0.5, 0.6) is 11.5 Å². The molecule has 4 rings (SSSR count). The third-order valence-electron chi connectivity index (χ3n) is 5.75. The Morgan fingerprint density at radius 2 is 1.97 bits per heavy atom. The highest BCUT2D eigenvalue weighted by Crippen LogP contribution is 2.35. The van der Waals surface area contributed by atoms with Crippen molar-refractivity contribution in [3.63, 3.8) is 0 Å². The van der Waals surface area contributed by atoms with Crippen LogP contribution in [-0.2, 0) is 4.74 Å². The van der Waals surface area contributed by atoms with Gasteiger partial charge in [0.2, 0.25) is 0 Å². The largest absolute Gasteiger partial charge is 0.493 e. The number of nitrogens with zero attached hydrogens (tertiary/aromatic N) is 3. The van der Waals surface area contributed by atoms with E-state index in [1.165, 1.54) is 18.5 Å². The molecule has 9 heteroatoms. The van der Waals surface area contributed by atoms with E-state index in [-0.39, 0.29) is 5.02 Å². The molecular formula is C23H27ClFN4O3+. The normalized spacial score (nSPS) is 15.5. The molecule has 170 valence electrons. The molecule has 0 atom stereocenters. The Balaban J connectivity index is 1.51. The van der Waals surface area contributed by atoms with E-state index < -0.39 is 5.82 Å². The van der Waals surface area contributed by atoms with Crippen molar-refractivity contribution in [2.45, 2.75) is 6.42 Å². The number of anilines is 2. The fourth-order valence-electron chi connectivity index (χ4n) is 3.78.